The van der Waals surface area contributed by atoms with E-state index in [1.54, 1.807) is 31.2 Å². The first-order valence-corrected chi connectivity index (χ1v) is 4.89. The van der Waals surface area contributed by atoms with Crippen LogP contribution in [0.2, 0.25) is 5.02 Å². The van der Waals surface area contributed by atoms with Crippen LogP contribution in [0.4, 0.5) is 4.79 Å². The minimum Gasteiger partial charge on any atom is -0.339 e. The number of nitrogens with zero attached hydrogens (tertiary/aromatic N) is 1. The van der Waals surface area contributed by atoms with E-state index < -0.39 is 12.1 Å². The molecule has 0 aliphatic heterocycles. The molecule has 1 aromatic rings. The van der Waals surface area contributed by atoms with Gasteiger partial charge >= 0.3 is 6.03 Å². The molecule has 2 N–H and O–H groups in total. The normalized spacial score (nSPS) is 12.0. The van der Waals surface area contributed by atoms with Gasteiger partial charge in [-0.2, -0.15) is 5.06 Å². The van der Waals surface area contributed by atoms with Gasteiger partial charge < -0.3 is 5.32 Å². The number of hydrogen-bond acceptors (Lipinski definition) is 2. The first kappa shape index (κ1) is 11.8. The van der Waals surface area contributed by atoms with Gasteiger partial charge in [-0.1, -0.05) is 23.7 Å². The van der Waals surface area contributed by atoms with Gasteiger partial charge in [0.05, 0.1) is 6.04 Å². The van der Waals surface area contributed by atoms with Gasteiger partial charge in [0.25, 0.3) is 0 Å². The molecule has 0 radical (unpaired) electrons. The van der Waals surface area contributed by atoms with E-state index in [9.17, 15) is 10.0 Å². The molecule has 1 rings (SSSR count). The highest BCUT2D eigenvalue weighted by molar-refractivity contribution is 6.30. The van der Waals surface area contributed by atoms with Gasteiger partial charge in [-0.05, 0) is 24.6 Å². The van der Waals surface area contributed by atoms with Crippen molar-refractivity contribution in [2.24, 2.45) is 0 Å². The lowest BCUT2D eigenvalue weighted by molar-refractivity contribution is -0.0738. The lowest BCUT2D eigenvalue weighted by Gasteiger charge is -2.22. The van der Waals surface area contributed by atoms with Crippen molar-refractivity contribution in [1.29, 1.82) is 0 Å². The molecule has 0 saturated heterocycles. The Labute approximate surface area is 93.4 Å². The van der Waals surface area contributed by atoms with E-state index in [4.69, 9.17) is 11.6 Å². The first-order chi connectivity index (χ1) is 7.06. The molecule has 0 heterocycles. The standard InChI is InChI=1S/C10H13ClN2O2/c1-7(13(15)10(14)12-2)8-3-5-9(11)6-4-8/h3-7,15H,1-2H3,(H,12,14). The molecule has 1 unspecified atom stereocenters. The van der Waals surface area contributed by atoms with Crippen molar-refractivity contribution in [2.45, 2.75) is 13.0 Å². The maximum absolute atomic E-state index is 11.1. The average molecular weight is 229 g/mol. The maximum Gasteiger partial charge on any atom is 0.341 e. The monoisotopic (exact) mass is 228 g/mol. The van der Waals surface area contributed by atoms with Gasteiger partial charge in [0, 0.05) is 12.1 Å². The molecule has 1 aromatic carbocycles. The summed E-state index contributed by atoms with van der Waals surface area (Å²) in [5.74, 6) is 0. The number of rotatable bonds is 2. The molecule has 0 fully saturated rings. The van der Waals surface area contributed by atoms with Crippen molar-refractivity contribution in [3.63, 3.8) is 0 Å². The molecular weight excluding hydrogens is 216 g/mol. The summed E-state index contributed by atoms with van der Waals surface area (Å²) >= 11 is 5.73. The summed E-state index contributed by atoms with van der Waals surface area (Å²) in [6, 6.07) is 5.99. The number of benzene rings is 1. The average Bonchev–Trinajstić information content (AvgIpc) is 2.27. The Kier molecular flexibility index (Phi) is 3.94. The van der Waals surface area contributed by atoms with Crippen molar-refractivity contribution in [3.05, 3.63) is 34.9 Å². The van der Waals surface area contributed by atoms with Gasteiger partial charge in [-0.3, -0.25) is 5.21 Å². The van der Waals surface area contributed by atoms with Crippen LogP contribution in [0.25, 0.3) is 0 Å². The summed E-state index contributed by atoms with van der Waals surface area (Å²) in [7, 11) is 1.46. The topological polar surface area (TPSA) is 52.6 Å². The van der Waals surface area contributed by atoms with Crippen LogP contribution in [0.15, 0.2) is 24.3 Å². The van der Waals surface area contributed by atoms with Crippen LogP contribution >= 0.6 is 11.6 Å². The number of carbonyl (C=O) groups excluding carboxylic acids is 1. The van der Waals surface area contributed by atoms with Crippen molar-refractivity contribution >= 4 is 17.6 Å². The van der Waals surface area contributed by atoms with E-state index in [2.05, 4.69) is 5.32 Å². The zero-order valence-corrected chi connectivity index (χ0v) is 9.32. The highest BCUT2D eigenvalue weighted by atomic mass is 35.5. The molecule has 1 atom stereocenters. The zero-order chi connectivity index (χ0) is 11.4. The maximum atomic E-state index is 11.1. The Balaban J connectivity index is 2.80. The molecule has 0 bridgehead atoms. The molecule has 0 aromatic heterocycles. The molecule has 0 aliphatic carbocycles. The van der Waals surface area contributed by atoms with Gasteiger partial charge in [0.1, 0.15) is 0 Å². The number of urea groups is 1. The van der Waals surface area contributed by atoms with Crippen molar-refractivity contribution in [2.75, 3.05) is 7.05 Å². The Morgan fingerprint density at radius 1 is 1.47 bits per heavy atom. The summed E-state index contributed by atoms with van der Waals surface area (Å²) in [4.78, 5) is 11.1. The van der Waals surface area contributed by atoms with Crippen LogP contribution in [0.5, 0.6) is 0 Å². The van der Waals surface area contributed by atoms with E-state index in [0.29, 0.717) is 10.1 Å². The summed E-state index contributed by atoms with van der Waals surface area (Å²) in [5.41, 5.74) is 0.811. The highest BCUT2D eigenvalue weighted by Gasteiger charge is 2.17. The lowest BCUT2D eigenvalue weighted by Crippen LogP contribution is -2.37. The molecule has 82 valence electrons. The minimum absolute atomic E-state index is 0.415. The van der Waals surface area contributed by atoms with Gasteiger partial charge in [0.2, 0.25) is 0 Å². The fourth-order valence-corrected chi connectivity index (χ4v) is 1.30. The largest absolute Gasteiger partial charge is 0.341 e. The summed E-state index contributed by atoms with van der Waals surface area (Å²) in [6.45, 7) is 1.72. The Morgan fingerprint density at radius 2 is 2.00 bits per heavy atom. The van der Waals surface area contributed by atoms with Crippen LogP contribution in [-0.2, 0) is 0 Å². The smallest absolute Gasteiger partial charge is 0.339 e. The van der Waals surface area contributed by atoms with Gasteiger partial charge in [0.15, 0.2) is 0 Å². The van der Waals surface area contributed by atoms with Crippen LogP contribution in [0.1, 0.15) is 18.5 Å². The summed E-state index contributed by atoms with van der Waals surface area (Å²) in [5, 5.41) is 13.1. The van der Waals surface area contributed by atoms with E-state index in [1.165, 1.54) is 7.05 Å². The second kappa shape index (κ2) is 5.00. The number of halogens is 1. The second-order valence-electron chi connectivity index (χ2n) is 3.13. The SMILES string of the molecule is CNC(=O)N(O)C(C)c1ccc(Cl)cc1. The van der Waals surface area contributed by atoms with Crippen molar-refractivity contribution < 1.29 is 10.0 Å². The molecule has 0 saturated carbocycles. The zero-order valence-electron chi connectivity index (χ0n) is 8.57. The number of hydroxylamine groups is 2. The van der Waals surface area contributed by atoms with Crippen LogP contribution in [-0.4, -0.2) is 23.3 Å². The van der Waals surface area contributed by atoms with E-state index in [-0.39, 0.29) is 0 Å². The lowest BCUT2D eigenvalue weighted by atomic mass is 10.1. The Morgan fingerprint density at radius 3 is 2.47 bits per heavy atom. The first-order valence-electron chi connectivity index (χ1n) is 4.51. The van der Waals surface area contributed by atoms with Gasteiger partial charge in [-0.25, -0.2) is 4.79 Å². The molecule has 2 amide bonds. The quantitative estimate of drug-likeness (QED) is 0.604. The van der Waals surface area contributed by atoms with Crippen LogP contribution in [0.3, 0.4) is 0 Å². The number of carbonyl (C=O) groups is 1. The third-order valence-electron chi connectivity index (χ3n) is 2.14. The van der Waals surface area contributed by atoms with Crippen LogP contribution in [0, 0.1) is 0 Å². The molecule has 0 aliphatic rings. The number of hydrogen-bond donors (Lipinski definition) is 2. The van der Waals surface area contributed by atoms with E-state index in [1.807, 2.05) is 0 Å². The predicted molar refractivity (Wildman–Crippen MR) is 57.9 cm³/mol. The minimum atomic E-state index is -0.544. The molecule has 4 nitrogen and oxygen atoms in total. The molecule has 5 heteroatoms. The fraction of sp³-hybridized carbons (Fsp3) is 0.300. The van der Waals surface area contributed by atoms with Crippen molar-refractivity contribution in [3.8, 4) is 0 Å². The highest BCUT2D eigenvalue weighted by Crippen LogP contribution is 2.20. The summed E-state index contributed by atoms with van der Waals surface area (Å²) < 4.78 is 0. The second-order valence-corrected chi connectivity index (χ2v) is 3.56. The fourth-order valence-electron chi connectivity index (χ4n) is 1.17. The van der Waals surface area contributed by atoms with Crippen LogP contribution < -0.4 is 5.32 Å². The summed E-state index contributed by atoms with van der Waals surface area (Å²) in [6.07, 6.45) is 0. The van der Waals surface area contributed by atoms with E-state index in [0.717, 1.165) is 5.56 Å². The van der Waals surface area contributed by atoms with Crippen molar-refractivity contribution in [1.82, 2.24) is 10.4 Å². The van der Waals surface area contributed by atoms with E-state index >= 15 is 0 Å². The Hall–Kier alpha value is -1.26. The molecular formula is C10H13ClN2O2. The number of nitrogens with one attached hydrogen (secondary N) is 1. The Bertz CT molecular complexity index is 340. The molecule has 0 spiro atoms. The predicted octanol–water partition coefficient (Wildman–Crippen LogP) is 2.43. The third kappa shape index (κ3) is 2.84. The third-order valence-corrected chi connectivity index (χ3v) is 2.39. The number of amides is 2. The van der Waals surface area contributed by atoms with Gasteiger partial charge in [-0.15, -0.1) is 0 Å². The molecule has 15 heavy (non-hydrogen) atoms.